The smallest absolute Gasteiger partial charge is 0.261 e. The van der Waals surface area contributed by atoms with Crippen LogP contribution in [0.3, 0.4) is 0 Å². The van der Waals surface area contributed by atoms with Crippen molar-refractivity contribution in [3.05, 3.63) is 82.6 Å². The van der Waals surface area contributed by atoms with E-state index in [4.69, 9.17) is 16.6 Å². The first-order chi connectivity index (χ1) is 14.6. The monoisotopic (exact) mass is 453 g/mol. The number of fused-ring (bicyclic) bond motifs is 1. The van der Waals surface area contributed by atoms with Gasteiger partial charge in [0, 0.05) is 22.3 Å². The van der Waals surface area contributed by atoms with Gasteiger partial charge in [0.2, 0.25) is 0 Å². The summed E-state index contributed by atoms with van der Waals surface area (Å²) in [5, 5.41) is 1.33. The first kappa shape index (κ1) is 20.8. The maximum atomic E-state index is 13.7. The van der Waals surface area contributed by atoms with Gasteiger partial charge in [-0.05, 0) is 60.2 Å². The average molecular weight is 454 g/mol. The van der Waals surface area contributed by atoms with Gasteiger partial charge >= 0.3 is 0 Å². The van der Waals surface area contributed by atoms with E-state index in [1.54, 1.807) is 29.1 Å². The van der Waals surface area contributed by atoms with Gasteiger partial charge in [-0.25, -0.2) is 4.98 Å². The zero-order valence-electron chi connectivity index (χ0n) is 16.6. The number of hydrogen-bond donors (Lipinski definition) is 0. The number of carbonyl (C=O) groups is 1. The van der Waals surface area contributed by atoms with Crippen LogP contribution in [0.4, 0.5) is 5.13 Å². The van der Waals surface area contributed by atoms with Crippen molar-refractivity contribution in [2.45, 2.75) is 25.3 Å². The largest absolute Gasteiger partial charge is 0.279 e. The molecule has 0 unspecified atom stereocenters. The highest BCUT2D eigenvalue weighted by Gasteiger charge is 2.24. The van der Waals surface area contributed by atoms with E-state index in [-0.39, 0.29) is 5.91 Å². The predicted molar refractivity (Wildman–Crippen MR) is 127 cm³/mol. The first-order valence-electron chi connectivity index (χ1n) is 9.56. The Morgan fingerprint density at radius 2 is 1.93 bits per heavy atom. The molecule has 0 spiro atoms. The Morgan fingerprint density at radius 1 is 1.17 bits per heavy atom. The molecule has 2 aromatic carbocycles. The van der Waals surface area contributed by atoms with Crippen molar-refractivity contribution in [2.75, 3.05) is 10.7 Å². The number of pyridine rings is 1. The Balaban J connectivity index is 1.81. The number of hydrogen-bond acceptors (Lipinski definition) is 5. The zero-order chi connectivity index (χ0) is 21.1. The van der Waals surface area contributed by atoms with E-state index in [1.807, 2.05) is 55.5 Å². The quantitative estimate of drug-likeness (QED) is 0.308. The highest BCUT2D eigenvalue weighted by atomic mass is 35.5. The maximum absolute atomic E-state index is 13.7. The number of anilines is 1. The van der Waals surface area contributed by atoms with Gasteiger partial charge in [0.05, 0.1) is 22.3 Å². The number of rotatable bonds is 6. The Bertz CT molecular complexity index is 1190. The Morgan fingerprint density at radius 3 is 2.70 bits per heavy atom. The molecule has 0 radical (unpaired) electrons. The average Bonchev–Trinajstić information content (AvgIpc) is 3.17. The van der Waals surface area contributed by atoms with E-state index in [0.29, 0.717) is 22.3 Å². The molecule has 4 rings (SSSR count). The highest BCUT2D eigenvalue weighted by Crippen LogP contribution is 2.35. The molecule has 0 fully saturated rings. The molecule has 0 saturated heterocycles. The van der Waals surface area contributed by atoms with Crippen LogP contribution in [-0.4, -0.2) is 21.6 Å². The summed E-state index contributed by atoms with van der Waals surface area (Å²) in [4.78, 5) is 25.3. The van der Waals surface area contributed by atoms with Crippen LogP contribution < -0.4 is 4.90 Å². The van der Waals surface area contributed by atoms with E-state index < -0.39 is 0 Å². The summed E-state index contributed by atoms with van der Waals surface area (Å²) < 4.78 is 0.971. The van der Waals surface area contributed by atoms with Crippen LogP contribution in [0.5, 0.6) is 0 Å². The Labute approximate surface area is 188 Å². The highest BCUT2D eigenvalue weighted by molar-refractivity contribution is 7.99. The van der Waals surface area contributed by atoms with Crippen LogP contribution >= 0.6 is 34.7 Å². The lowest BCUT2D eigenvalue weighted by atomic mass is 10.2. The van der Waals surface area contributed by atoms with Crippen LogP contribution in [0.25, 0.3) is 10.2 Å². The molecule has 1 amide bonds. The number of carbonyl (C=O) groups excluding carboxylic acids is 1. The Kier molecular flexibility index (Phi) is 6.37. The zero-order valence-corrected chi connectivity index (χ0v) is 19.0. The van der Waals surface area contributed by atoms with Gasteiger partial charge in [0.15, 0.2) is 5.13 Å². The van der Waals surface area contributed by atoms with E-state index in [0.717, 1.165) is 32.0 Å². The third-order valence-corrected chi connectivity index (χ3v) is 6.82. The lowest BCUT2D eigenvalue weighted by Crippen LogP contribution is -2.30. The van der Waals surface area contributed by atoms with E-state index in [9.17, 15) is 4.79 Å². The van der Waals surface area contributed by atoms with Crippen molar-refractivity contribution in [3.8, 4) is 0 Å². The van der Waals surface area contributed by atoms with Gasteiger partial charge in [-0.15, -0.1) is 11.8 Å². The van der Waals surface area contributed by atoms with Crippen molar-refractivity contribution in [1.29, 1.82) is 0 Å². The van der Waals surface area contributed by atoms with Gasteiger partial charge in [-0.3, -0.25) is 14.7 Å². The van der Waals surface area contributed by atoms with Gasteiger partial charge < -0.3 is 0 Å². The summed E-state index contributed by atoms with van der Waals surface area (Å²) in [5.74, 6) is 0.833. The van der Waals surface area contributed by atoms with Crippen molar-refractivity contribution in [3.63, 3.8) is 0 Å². The number of halogens is 1. The first-order valence-corrected chi connectivity index (χ1v) is 11.7. The number of thiazole rings is 1. The van der Waals surface area contributed by atoms with E-state index in [1.165, 1.54) is 11.3 Å². The van der Waals surface area contributed by atoms with E-state index >= 15 is 0 Å². The van der Waals surface area contributed by atoms with Gasteiger partial charge in [-0.1, -0.05) is 42.0 Å². The third kappa shape index (κ3) is 4.36. The second-order valence-electron chi connectivity index (χ2n) is 6.74. The maximum Gasteiger partial charge on any atom is 0.261 e. The predicted octanol–water partition coefficient (Wildman–Crippen LogP) is 6.61. The molecule has 152 valence electrons. The van der Waals surface area contributed by atoms with Crippen LogP contribution in [0.2, 0.25) is 5.02 Å². The lowest BCUT2D eigenvalue weighted by molar-refractivity contribution is 0.0982. The summed E-state index contributed by atoms with van der Waals surface area (Å²) in [7, 11) is 0. The molecule has 7 heteroatoms. The molecular formula is C23H20ClN3OS2. The molecule has 0 aliphatic carbocycles. The molecule has 30 heavy (non-hydrogen) atoms. The number of aryl methyl sites for hydroxylation is 1. The molecule has 0 aliphatic rings. The minimum atomic E-state index is -0.0637. The fourth-order valence-electron chi connectivity index (χ4n) is 3.23. The van der Waals surface area contributed by atoms with Crippen LogP contribution in [0.15, 0.2) is 65.8 Å². The van der Waals surface area contributed by atoms with Crippen LogP contribution in [-0.2, 0) is 6.54 Å². The molecule has 0 saturated carbocycles. The van der Waals surface area contributed by atoms with Crippen molar-refractivity contribution in [2.24, 2.45) is 0 Å². The standard InChI is InChI=1S/C23H20ClN3OS2/c1-3-29-19-7-5-4-6-18(19)22(28)27(14-16-8-10-25-11-9-16)23-26-21-15(2)12-17(24)13-20(21)30-23/h4-13H,3,14H2,1-2H3. The molecule has 0 atom stereocenters. The second kappa shape index (κ2) is 9.16. The molecule has 4 nitrogen and oxygen atoms in total. The minimum absolute atomic E-state index is 0.0637. The molecule has 0 N–H and O–H groups in total. The molecule has 2 aromatic heterocycles. The van der Waals surface area contributed by atoms with Gasteiger partial charge in [0.1, 0.15) is 0 Å². The van der Waals surface area contributed by atoms with Crippen molar-refractivity contribution in [1.82, 2.24) is 9.97 Å². The summed E-state index contributed by atoms with van der Waals surface area (Å²) in [6.45, 7) is 4.49. The van der Waals surface area contributed by atoms with Crippen molar-refractivity contribution < 1.29 is 4.79 Å². The van der Waals surface area contributed by atoms with Gasteiger partial charge in [-0.2, -0.15) is 0 Å². The summed E-state index contributed by atoms with van der Waals surface area (Å²) in [6.07, 6.45) is 3.47. The molecular weight excluding hydrogens is 434 g/mol. The topological polar surface area (TPSA) is 46.1 Å². The summed E-state index contributed by atoms with van der Waals surface area (Å²) in [6, 6.07) is 15.4. The molecule has 0 aliphatic heterocycles. The minimum Gasteiger partial charge on any atom is -0.279 e. The van der Waals surface area contributed by atoms with Crippen LogP contribution in [0, 0.1) is 6.92 Å². The summed E-state index contributed by atoms with van der Waals surface area (Å²) in [5.41, 5.74) is 3.56. The summed E-state index contributed by atoms with van der Waals surface area (Å²) >= 11 is 9.39. The SMILES string of the molecule is CCSc1ccccc1C(=O)N(Cc1ccncc1)c1nc2c(C)cc(Cl)cc2s1. The fraction of sp³-hybridized carbons (Fsp3) is 0.174. The van der Waals surface area contributed by atoms with Gasteiger partial charge in [0.25, 0.3) is 5.91 Å². The number of nitrogens with zero attached hydrogens (tertiary/aromatic N) is 3. The lowest BCUT2D eigenvalue weighted by Gasteiger charge is -2.21. The fourth-order valence-corrected chi connectivity index (χ4v) is 5.44. The number of amides is 1. The molecule has 4 aromatic rings. The molecule has 2 heterocycles. The number of aromatic nitrogens is 2. The third-order valence-electron chi connectivity index (χ3n) is 4.62. The van der Waals surface area contributed by atoms with E-state index in [2.05, 4.69) is 11.9 Å². The number of benzene rings is 2. The van der Waals surface area contributed by atoms with Crippen LogP contribution in [0.1, 0.15) is 28.4 Å². The molecule has 0 bridgehead atoms. The normalized spacial score (nSPS) is 11.0. The Hall–Kier alpha value is -2.41. The second-order valence-corrected chi connectivity index (χ2v) is 9.49. The number of thioether (sulfide) groups is 1. The van der Waals surface area contributed by atoms with Crippen molar-refractivity contribution >= 4 is 56.0 Å².